The van der Waals surface area contributed by atoms with Gasteiger partial charge in [0.2, 0.25) is 5.65 Å². The zero-order valence-corrected chi connectivity index (χ0v) is 10.9. The highest BCUT2D eigenvalue weighted by atomic mass is 19.4. The van der Waals surface area contributed by atoms with E-state index >= 15 is 0 Å². The molecule has 23 heavy (non-hydrogen) atoms. The Bertz CT molecular complexity index is 919. The Kier molecular flexibility index (Phi) is 3.39. The van der Waals surface area contributed by atoms with Crippen molar-refractivity contribution in [3.05, 3.63) is 40.4 Å². The van der Waals surface area contributed by atoms with E-state index in [9.17, 15) is 22.4 Å². The van der Waals surface area contributed by atoms with Crippen LogP contribution in [0.5, 0.6) is 5.75 Å². The van der Waals surface area contributed by atoms with Crippen LogP contribution in [0.15, 0.2) is 33.7 Å². The van der Waals surface area contributed by atoms with Crippen LogP contribution < -0.4 is 15.6 Å². The Morgan fingerprint density at radius 1 is 1.17 bits per heavy atom. The molecular formula is C12H6F4N4O3. The van der Waals surface area contributed by atoms with Gasteiger partial charge >= 0.3 is 6.36 Å². The van der Waals surface area contributed by atoms with Crippen LogP contribution in [0.1, 0.15) is 0 Å². The van der Waals surface area contributed by atoms with Crippen LogP contribution in [0.3, 0.4) is 0 Å². The SMILES string of the molecule is O=c1[nH]c2nonc2cc1Nc1cc(F)cc(OC(F)(F)F)c1. The van der Waals surface area contributed by atoms with Gasteiger partial charge in [-0.05, 0) is 16.4 Å². The number of nitrogens with zero attached hydrogens (tertiary/aromatic N) is 2. The van der Waals surface area contributed by atoms with Crippen molar-refractivity contribution in [2.24, 2.45) is 0 Å². The van der Waals surface area contributed by atoms with Crippen molar-refractivity contribution in [3.63, 3.8) is 0 Å². The van der Waals surface area contributed by atoms with E-state index in [0.29, 0.717) is 6.07 Å². The van der Waals surface area contributed by atoms with E-state index in [4.69, 9.17) is 0 Å². The lowest BCUT2D eigenvalue weighted by Crippen LogP contribution is -2.17. The first kappa shape index (κ1) is 14.8. The van der Waals surface area contributed by atoms with Gasteiger partial charge in [-0.25, -0.2) is 9.02 Å². The number of alkyl halides is 3. The largest absolute Gasteiger partial charge is 0.573 e. The molecule has 7 nitrogen and oxygen atoms in total. The standard InChI is InChI=1S/C12H6F4N4O3/c13-5-1-6(3-7(2-5)22-12(14,15)16)17-9-4-8-10(18-11(9)21)20-23-19-8/h1-4,17H,(H,18,20,21). The van der Waals surface area contributed by atoms with Crippen LogP contribution in [0.25, 0.3) is 11.2 Å². The number of aromatic nitrogens is 3. The van der Waals surface area contributed by atoms with E-state index in [1.165, 1.54) is 6.07 Å². The first-order valence-electron chi connectivity index (χ1n) is 5.99. The number of aromatic amines is 1. The minimum Gasteiger partial charge on any atom is -0.406 e. The second kappa shape index (κ2) is 5.26. The predicted octanol–water partition coefficient (Wildman–Crippen LogP) is 2.69. The number of anilines is 2. The summed E-state index contributed by atoms with van der Waals surface area (Å²) in [7, 11) is 0. The van der Waals surface area contributed by atoms with Gasteiger partial charge in [-0.15, -0.1) is 13.2 Å². The molecule has 0 radical (unpaired) electrons. The maximum absolute atomic E-state index is 13.4. The van der Waals surface area contributed by atoms with Gasteiger partial charge in [0, 0.05) is 23.9 Å². The second-order valence-corrected chi connectivity index (χ2v) is 4.36. The fourth-order valence-electron chi connectivity index (χ4n) is 1.83. The molecule has 3 aromatic rings. The lowest BCUT2D eigenvalue weighted by atomic mass is 10.2. The molecule has 0 saturated carbocycles. The molecule has 0 spiro atoms. The summed E-state index contributed by atoms with van der Waals surface area (Å²) in [6.45, 7) is 0. The topological polar surface area (TPSA) is 93.0 Å². The lowest BCUT2D eigenvalue weighted by molar-refractivity contribution is -0.274. The Labute approximate surface area is 123 Å². The first-order valence-corrected chi connectivity index (χ1v) is 5.99. The van der Waals surface area contributed by atoms with Gasteiger partial charge in [-0.3, -0.25) is 4.79 Å². The second-order valence-electron chi connectivity index (χ2n) is 4.36. The van der Waals surface area contributed by atoms with E-state index in [1.807, 2.05) is 0 Å². The van der Waals surface area contributed by atoms with Crippen molar-refractivity contribution in [2.75, 3.05) is 5.32 Å². The Morgan fingerprint density at radius 2 is 1.96 bits per heavy atom. The molecule has 2 heterocycles. The highest BCUT2D eigenvalue weighted by Crippen LogP contribution is 2.27. The molecule has 0 saturated heterocycles. The molecular weight excluding hydrogens is 324 g/mol. The van der Waals surface area contributed by atoms with E-state index in [-0.39, 0.29) is 22.5 Å². The van der Waals surface area contributed by atoms with Gasteiger partial charge in [0.1, 0.15) is 17.3 Å². The predicted molar refractivity (Wildman–Crippen MR) is 68.8 cm³/mol. The van der Waals surface area contributed by atoms with Gasteiger partial charge in [0.25, 0.3) is 5.56 Å². The van der Waals surface area contributed by atoms with Gasteiger partial charge in [0.05, 0.1) is 0 Å². The van der Waals surface area contributed by atoms with Gasteiger partial charge in [-0.1, -0.05) is 0 Å². The zero-order chi connectivity index (χ0) is 16.6. The third-order valence-corrected chi connectivity index (χ3v) is 2.66. The van der Waals surface area contributed by atoms with Crippen molar-refractivity contribution in [1.29, 1.82) is 0 Å². The molecule has 2 N–H and O–H groups in total. The smallest absolute Gasteiger partial charge is 0.406 e. The molecule has 0 aliphatic carbocycles. The minimum absolute atomic E-state index is 0.0863. The summed E-state index contributed by atoms with van der Waals surface area (Å²) >= 11 is 0. The molecule has 120 valence electrons. The number of pyridine rings is 1. The number of hydrogen-bond donors (Lipinski definition) is 2. The third kappa shape index (κ3) is 3.39. The van der Waals surface area contributed by atoms with Crippen LogP contribution in [-0.2, 0) is 0 Å². The number of benzene rings is 1. The van der Waals surface area contributed by atoms with E-state index in [1.54, 1.807) is 0 Å². The average Bonchev–Trinajstić information content (AvgIpc) is 2.83. The highest BCUT2D eigenvalue weighted by Gasteiger charge is 2.31. The summed E-state index contributed by atoms with van der Waals surface area (Å²) in [6.07, 6.45) is -4.96. The number of fused-ring (bicyclic) bond motifs is 1. The van der Waals surface area contributed by atoms with Gasteiger partial charge in [0.15, 0.2) is 5.52 Å². The monoisotopic (exact) mass is 330 g/mol. The summed E-state index contributed by atoms with van der Waals surface area (Å²) in [5.74, 6) is -1.74. The Morgan fingerprint density at radius 3 is 2.70 bits per heavy atom. The average molecular weight is 330 g/mol. The molecule has 0 unspecified atom stereocenters. The number of ether oxygens (including phenoxy) is 1. The molecule has 0 aliphatic heterocycles. The third-order valence-electron chi connectivity index (χ3n) is 2.66. The summed E-state index contributed by atoms with van der Waals surface area (Å²) in [5, 5.41) is 9.40. The number of rotatable bonds is 3. The fourth-order valence-corrected chi connectivity index (χ4v) is 1.83. The van der Waals surface area contributed by atoms with Gasteiger partial charge < -0.3 is 15.0 Å². The summed E-state index contributed by atoms with van der Waals surface area (Å²) in [6, 6.07) is 3.60. The lowest BCUT2D eigenvalue weighted by Gasteiger charge is -2.11. The molecule has 1 aromatic carbocycles. The van der Waals surface area contributed by atoms with E-state index in [2.05, 4.69) is 30.0 Å². The summed E-state index contributed by atoms with van der Waals surface area (Å²) in [5.41, 5.74) is -0.547. The summed E-state index contributed by atoms with van der Waals surface area (Å²) < 4.78 is 58.0. The highest BCUT2D eigenvalue weighted by molar-refractivity contribution is 5.74. The quantitative estimate of drug-likeness (QED) is 0.717. The van der Waals surface area contributed by atoms with Crippen molar-refractivity contribution in [2.45, 2.75) is 6.36 Å². The molecule has 3 rings (SSSR count). The zero-order valence-electron chi connectivity index (χ0n) is 10.9. The van der Waals surface area contributed by atoms with E-state index < -0.39 is 23.5 Å². The molecule has 11 heteroatoms. The number of hydrogen-bond acceptors (Lipinski definition) is 6. The number of halogens is 4. The number of H-pyrrole nitrogens is 1. The maximum Gasteiger partial charge on any atom is 0.573 e. The summed E-state index contributed by atoms with van der Waals surface area (Å²) in [4.78, 5) is 14.1. The van der Waals surface area contributed by atoms with Crippen LogP contribution in [0.4, 0.5) is 28.9 Å². The normalized spacial score (nSPS) is 11.7. The van der Waals surface area contributed by atoms with E-state index in [0.717, 1.165) is 12.1 Å². The molecule has 0 aliphatic rings. The molecule has 2 aromatic heterocycles. The van der Waals surface area contributed by atoms with Crippen molar-refractivity contribution < 1.29 is 26.9 Å². The maximum atomic E-state index is 13.4. The van der Waals surface area contributed by atoms with Crippen LogP contribution in [0, 0.1) is 5.82 Å². The van der Waals surface area contributed by atoms with Crippen LogP contribution in [0.2, 0.25) is 0 Å². The van der Waals surface area contributed by atoms with Crippen LogP contribution in [-0.4, -0.2) is 21.7 Å². The Hall–Kier alpha value is -3.11. The Balaban J connectivity index is 1.95. The van der Waals surface area contributed by atoms with Crippen molar-refractivity contribution in [3.8, 4) is 5.75 Å². The fraction of sp³-hybridized carbons (Fsp3) is 0.0833. The van der Waals surface area contributed by atoms with Crippen LogP contribution >= 0.6 is 0 Å². The van der Waals surface area contributed by atoms with Crippen molar-refractivity contribution in [1.82, 2.24) is 15.3 Å². The number of nitrogens with one attached hydrogen (secondary N) is 2. The van der Waals surface area contributed by atoms with Crippen molar-refractivity contribution >= 4 is 22.5 Å². The molecule has 0 bridgehead atoms. The minimum atomic E-state index is -4.96. The first-order chi connectivity index (χ1) is 10.8. The molecule has 0 amide bonds. The van der Waals surface area contributed by atoms with Gasteiger partial charge in [-0.2, -0.15) is 0 Å². The molecule has 0 fully saturated rings. The molecule has 0 atom stereocenters.